The van der Waals surface area contributed by atoms with Gasteiger partial charge in [0.25, 0.3) is 0 Å². The van der Waals surface area contributed by atoms with Crippen LogP contribution in [-0.2, 0) is 11.3 Å². The molecule has 0 bridgehead atoms. The number of hydrogen-bond donors (Lipinski definition) is 1. The van der Waals surface area contributed by atoms with Gasteiger partial charge in [-0.15, -0.1) is 0 Å². The lowest BCUT2D eigenvalue weighted by Gasteiger charge is -2.36. The molecule has 0 saturated carbocycles. The molecule has 0 fully saturated rings. The Morgan fingerprint density at radius 1 is 1.29 bits per heavy atom. The summed E-state index contributed by atoms with van der Waals surface area (Å²) < 4.78 is 8.01. The zero-order chi connectivity index (χ0) is 15.8. The molecule has 2 rings (SSSR count). The molecule has 4 nitrogen and oxygen atoms in total. The lowest BCUT2D eigenvalue weighted by molar-refractivity contribution is -0.137. The van der Waals surface area contributed by atoms with Crippen molar-refractivity contribution in [2.24, 2.45) is 0 Å². The standard InChI is InChI=1S/C16H23NO3Si/c1-16(2,3)21(4,5)20-13-6-7-14-12(10-13)8-9-17(14)11-15(18)19/h6-10H,11H2,1-5H3,(H,18,19). The highest BCUT2D eigenvalue weighted by Gasteiger charge is 2.38. The fraction of sp³-hybridized carbons (Fsp3) is 0.438. The summed E-state index contributed by atoms with van der Waals surface area (Å²) in [4.78, 5) is 10.8. The van der Waals surface area contributed by atoms with Gasteiger partial charge in [-0.3, -0.25) is 4.79 Å². The molecule has 0 aliphatic carbocycles. The van der Waals surface area contributed by atoms with E-state index in [1.165, 1.54) is 0 Å². The van der Waals surface area contributed by atoms with Gasteiger partial charge in [0.2, 0.25) is 8.32 Å². The van der Waals surface area contributed by atoms with Crippen molar-refractivity contribution in [1.82, 2.24) is 4.57 Å². The van der Waals surface area contributed by atoms with Gasteiger partial charge in [0.1, 0.15) is 12.3 Å². The first-order valence-corrected chi connectivity index (χ1v) is 10.0. The predicted molar refractivity (Wildman–Crippen MR) is 87.4 cm³/mol. The summed E-state index contributed by atoms with van der Waals surface area (Å²) in [5.41, 5.74) is 0.917. The largest absolute Gasteiger partial charge is 0.543 e. The Hall–Kier alpha value is -1.75. The Kier molecular flexibility index (Phi) is 3.89. The van der Waals surface area contributed by atoms with Crippen LogP contribution in [0.15, 0.2) is 30.5 Å². The Labute approximate surface area is 126 Å². The number of fused-ring (bicyclic) bond motifs is 1. The van der Waals surface area contributed by atoms with Gasteiger partial charge in [0, 0.05) is 17.1 Å². The molecule has 0 atom stereocenters. The van der Waals surface area contributed by atoms with Crippen molar-refractivity contribution in [1.29, 1.82) is 0 Å². The topological polar surface area (TPSA) is 51.5 Å². The van der Waals surface area contributed by atoms with Crippen LogP contribution in [0, 0.1) is 0 Å². The first-order chi connectivity index (χ1) is 9.60. The molecule has 0 aliphatic rings. The quantitative estimate of drug-likeness (QED) is 0.865. The molecule has 1 aromatic heterocycles. The van der Waals surface area contributed by atoms with E-state index < -0.39 is 14.3 Å². The summed E-state index contributed by atoms with van der Waals surface area (Å²) in [6, 6.07) is 7.78. The van der Waals surface area contributed by atoms with Crippen LogP contribution in [0.25, 0.3) is 10.9 Å². The Morgan fingerprint density at radius 3 is 2.52 bits per heavy atom. The molecule has 1 aromatic carbocycles. The number of benzene rings is 1. The normalized spacial score (nSPS) is 12.6. The summed E-state index contributed by atoms with van der Waals surface area (Å²) >= 11 is 0. The molecule has 21 heavy (non-hydrogen) atoms. The van der Waals surface area contributed by atoms with Gasteiger partial charge in [0.15, 0.2) is 0 Å². The van der Waals surface area contributed by atoms with Crippen molar-refractivity contribution in [3.05, 3.63) is 30.5 Å². The summed E-state index contributed by atoms with van der Waals surface area (Å²) in [5, 5.41) is 10.1. The van der Waals surface area contributed by atoms with Crippen LogP contribution in [0.1, 0.15) is 20.8 Å². The number of nitrogens with zero attached hydrogens (tertiary/aromatic N) is 1. The van der Waals surface area contributed by atoms with E-state index in [2.05, 4.69) is 33.9 Å². The first kappa shape index (κ1) is 15.6. The molecule has 114 valence electrons. The molecule has 1 heterocycles. The monoisotopic (exact) mass is 305 g/mol. The highest BCUT2D eigenvalue weighted by atomic mass is 28.4. The van der Waals surface area contributed by atoms with E-state index in [0.29, 0.717) is 0 Å². The number of carboxylic acids is 1. The Morgan fingerprint density at radius 2 is 1.95 bits per heavy atom. The van der Waals surface area contributed by atoms with Gasteiger partial charge >= 0.3 is 5.97 Å². The number of aromatic nitrogens is 1. The molecule has 0 unspecified atom stereocenters. The third-order valence-electron chi connectivity index (χ3n) is 4.23. The summed E-state index contributed by atoms with van der Waals surface area (Å²) in [6.07, 6.45) is 1.80. The van der Waals surface area contributed by atoms with E-state index in [1.807, 2.05) is 24.3 Å². The number of carbonyl (C=O) groups is 1. The third kappa shape index (κ3) is 3.29. The van der Waals surface area contributed by atoms with E-state index in [1.54, 1.807) is 10.8 Å². The summed E-state index contributed by atoms with van der Waals surface area (Å²) in [7, 11) is -1.85. The molecule has 0 aliphatic heterocycles. The van der Waals surface area contributed by atoms with Gasteiger partial charge in [-0.05, 0) is 42.4 Å². The molecule has 0 radical (unpaired) electrons. The molecular formula is C16H23NO3Si. The maximum Gasteiger partial charge on any atom is 0.323 e. The molecule has 0 amide bonds. The van der Waals surface area contributed by atoms with Gasteiger partial charge in [-0.1, -0.05) is 20.8 Å². The summed E-state index contributed by atoms with van der Waals surface area (Å²) in [5.74, 6) is 0.0243. The second-order valence-electron chi connectivity index (χ2n) is 6.92. The smallest absolute Gasteiger partial charge is 0.323 e. The molecule has 0 saturated heterocycles. The van der Waals surface area contributed by atoms with Gasteiger partial charge < -0.3 is 14.1 Å². The van der Waals surface area contributed by atoms with Crippen molar-refractivity contribution in [2.45, 2.75) is 45.4 Å². The van der Waals surface area contributed by atoms with Crippen LogP contribution < -0.4 is 4.43 Å². The minimum absolute atomic E-state index is 0.0219. The number of aliphatic carboxylic acids is 1. The number of hydrogen-bond acceptors (Lipinski definition) is 2. The van der Waals surface area contributed by atoms with Gasteiger partial charge in [-0.2, -0.15) is 0 Å². The minimum atomic E-state index is -1.85. The lowest BCUT2D eigenvalue weighted by Crippen LogP contribution is -2.43. The van der Waals surface area contributed by atoms with Crippen molar-refractivity contribution >= 4 is 25.2 Å². The molecule has 2 aromatic rings. The van der Waals surface area contributed by atoms with Crippen molar-refractivity contribution < 1.29 is 14.3 Å². The van der Waals surface area contributed by atoms with E-state index in [9.17, 15) is 4.79 Å². The van der Waals surface area contributed by atoms with Gasteiger partial charge in [-0.25, -0.2) is 0 Å². The SMILES string of the molecule is CC(C)(C)[Si](C)(C)Oc1ccc2c(ccn2CC(=O)O)c1. The van der Waals surface area contributed by atoms with Crippen LogP contribution in [0.5, 0.6) is 5.75 Å². The van der Waals surface area contributed by atoms with E-state index in [-0.39, 0.29) is 11.6 Å². The Bertz CT molecular complexity index is 668. The Balaban J connectivity index is 2.30. The summed E-state index contributed by atoms with van der Waals surface area (Å²) in [6.45, 7) is 11.0. The minimum Gasteiger partial charge on any atom is -0.543 e. The second-order valence-corrected chi connectivity index (χ2v) is 11.6. The first-order valence-electron chi connectivity index (χ1n) is 7.10. The van der Waals surface area contributed by atoms with Crippen LogP contribution in [0.3, 0.4) is 0 Å². The van der Waals surface area contributed by atoms with Crippen molar-refractivity contribution in [2.75, 3.05) is 0 Å². The van der Waals surface area contributed by atoms with Crippen LogP contribution >= 0.6 is 0 Å². The van der Waals surface area contributed by atoms with Crippen LogP contribution in [0.2, 0.25) is 18.1 Å². The molecular weight excluding hydrogens is 282 g/mol. The maximum absolute atomic E-state index is 10.8. The third-order valence-corrected chi connectivity index (χ3v) is 8.59. The predicted octanol–water partition coefficient (Wildman–Crippen LogP) is 4.11. The maximum atomic E-state index is 10.8. The highest BCUT2D eigenvalue weighted by Crippen LogP contribution is 2.37. The van der Waals surface area contributed by atoms with Crippen LogP contribution in [0.4, 0.5) is 0 Å². The number of carboxylic acid groups (broad SMARTS) is 1. The second kappa shape index (κ2) is 5.22. The zero-order valence-corrected chi connectivity index (χ0v) is 14.3. The number of rotatable bonds is 4. The lowest BCUT2D eigenvalue weighted by atomic mass is 10.2. The fourth-order valence-corrected chi connectivity index (χ4v) is 3.00. The molecule has 5 heteroatoms. The van der Waals surface area contributed by atoms with Crippen LogP contribution in [-0.4, -0.2) is 24.0 Å². The highest BCUT2D eigenvalue weighted by molar-refractivity contribution is 6.74. The molecule has 1 N–H and O–H groups in total. The average Bonchev–Trinajstić information content (AvgIpc) is 2.69. The van der Waals surface area contributed by atoms with E-state index in [4.69, 9.17) is 9.53 Å². The van der Waals surface area contributed by atoms with Crippen molar-refractivity contribution in [3.8, 4) is 5.75 Å². The van der Waals surface area contributed by atoms with E-state index in [0.717, 1.165) is 16.7 Å². The van der Waals surface area contributed by atoms with Gasteiger partial charge in [0.05, 0.1) is 0 Å². The van der Waals surface area contributed by atoms with Crippen molar-refractivity contribution in [3.63, 3.8) is 0 Å². The zero-order valence-electron chi connectivity index (χ0n) is 13.3. The van der Waals surface area contributed by atoms with E-state index >= 15 is 0 Å². The molecule has 0 spiro atoms. The fourth-order valence-electron chi connectivity index (χ4n) is 1.97. The average molecular weight is 305 g/mol.